The van der Waals surface area contributed by atoms with Gasteiger partial charge in [-0.05, 0) is 26.7 Å². The van der Waals surface area contributed by atoms with Crippen LogP contribution in [-0.4, -0.2) is 45.6 Å². The Morgan fingerprint density at radius 3 is 2.89 bits per heavy atom. The number of aryl methyl sites for hydroxylation is 1. The van der Waals surface area contributed by atoms with E-state index in [0.717, 1.165) is 18.7 Å². The van der Waals surface area contributed by atoms with Crippen molar-refractivity contribution in [3.63, 3.8) is 0 Å². The summed E-state index contributed by atoms with van der Waals surface area (Å²) in [7, 11) is 1.41. The van der Waals surface area contributed by atoms with E-state index in [-0.39, 0.29) is 5.97 Å². The van der Waals surface area contributed by atoms with Gasteiger partial charge in [-0.1, -0.05) is 11.8 Å². The van der Waals surface area contributed by atoms with Gasteiger partial charge in [0.1, 0.15) is 11.4 Å². The molecule has 7 heteroatoms. The number of ether oxygens (including phenoxy) is 1. The Morgan fingerprint density at radius 1 is 1.67 bits per heavy atom. The van der Waals surface area contributed by atoms with Gasteiger partial charge in [0, 0.05) is 11.8 Å². The van der Waals surface area contributed by atoms with Gasteiger partial charge in [0.25, 0.3) is 0 Å². The van der Waals surface area contributed by atoms with Crippen molar-refractivity contribution in [1.82, 2.24) is 20.5 Å². The summed E-state index contributed by atoms with van der Waals surface area (Å²) in [5.41, 5.74) is -0.685. The molecule has 0 bridgehead atoms. The Hall–Kier alpha value is -1.08. The van der Waals surface area contributed by atoms with Crippen LogP contribution in [0.15, 0.2) is 5.16 Å². The van der Waals surface area contributed by atoms with Crippen molar-refractivity contribution in [3.05, 3.63) is 5.82 Å². The van der Waals surface area contributed by atoms with Crippen LogP contribution in [0, 0.1) is 6.92 Å². The van der Waals surface area contributed by atoms with E-state index in [9.17, 15) is 4.79 Å². The second-order valence-electron chi connectivity index (χ2n) is 4.73. The highest BCUT2D eigenvalue weighted by molar-refractivity contribution is 7.99. The fourth-order valence-corrected chi connectivity index (χ4v) is 2.59. The van der Waals surface area contributed by atoms with Crippen molar-refractivity contribution in [2.75, 3.05) is 12.9 Å². The minimum atomic E-state index is -0.685. The molecule has 1 aliphatic rings. The summed E-state index contributed by atoms with van der Waals surface area (Å²) in [5, 5.41) is 10.8. The molecule has 6 nitrogen and oxygen atoms in total. The summed E-state index contributed by atoms with van der Waals surface area (Å²) >= 11 is 1.44. The number of methoxy groups -OCH3 is 1. The number of nitrogens with zero attached hydrogens (tertiary/aromatic N) is 2. The molecule has 1 aliphatic carbocycles. The lowest BCUT2D eigenvalue weighted by Crippen LogP contribution is -2.53. The largest absolute Gasteiger partial charge is 0.468 e. The third-order valence-electron chi connectivity index (χ3n) is 2.80. The third-order valence-corrected chi connectivity index (χ3v) is 3.97. The van der Waals surface area contributed by atoms with Gasteiger partial charge in [-0.2, -0.15) is 0 Å². The summed E-state index contributed by atoms with van der Waals surface area (Å²) in [4.78, 5) is 16.1. The van der Waals surface area contributed by atoms with E-state index >= 15 is 0 Å². The normalized spacial score (nSPS) is 18.4. The zero-order chi connectivity index (χ0) is 13.2. The van der Waals surface area contributed by atoms with Crippen LogP contribution in [-0.2, 0) is 9.53 Å². The van der Waals surface area contributed by atoms with E-state index in [1.165, 1.54) is 18.9 Å². The number of aromatic nitrogens is 3. The van der Waals surface area contributed by atoms with Crippen molar-refractivity contribution >= 4 is 17.7 Å². The molecule has 2 N–H and O–H groups in total. The van der Waals surface area contributed by atoms with Gasteiger partial charge in [-0.3, -0.25) is 15.2 Å². The number of nitrogens with one attached hydrogen (secondary N) is 2. The summed E-state index contributed by atoms with van der Waals surface area (Å²) in [6.45, 7) is 3.71. The Labute approximate surface area is 110 Å². The van der Waals surface area contributed by atoms with E-state index in [4.69, 9.17) is 4.74 Å². The van der Waals surface area contributed by atoms with E-state index in [2.05, 4.69) is 20.5 Å². The smallest absolute Gasteiger partial charge is 0.326 e. The first-order valence-corrected chi connectivity index (χ1v) is 6.90. The van der Waals surface area contributed by atoms with Crippen LogP contribution in [0.25, 0.3) is 0 Å². The van der Waals surface area contributed by atoms with Gasteiger partial charge < -0.3 is 4.74 Å². The van der Waals surface area contributed by atoms with Crippen molar-refractivity contribution in [2.24, 2.45) is 0 Å². The molecule has 1 aromatic rings. The Kier molecular flexibility index (Phi) is 3.91. The minimum Gasteiger partial charge on any atom is -0.468 e. The molecule has 1 atom stereocenters. The number of thioether (sulfide) groups is 1. The van der Waals surface area contributed by atoms with Gasteiger partial charge in [0.05, 0.1) is 7.11 Å². The fourth-order valence-electron chi connectivity index (χ4n) is 1.66. The highest BCUT2D eigenvalue weighted by Crippen LogP contribution is 2.26. The van der Waals surface area contributed by atoms with Gasteiger partial charge >= 0.3 is 5.97 Å². The standard InChI is InChI=1S/C11H18N4O2S/c1-7-12-10(15-14-7)18-6-11(2,9(16)17-3)13-8-4-5-8/h8,13H,4-6H2,1-3H3,(H,12,14,15). The number of aromatic amines is 1. The molecule has 0 radical (unpaired) electrons. The molecule has 1 unspecified atom stereocenters. The lowest BCUT2D eigenvalue weighted by Gasteiger charge is -2.27. The van der Waals surface area contributed by atoms with Crippen LogP contribution in [0.3, 0.4) is 0 Å². The number of hydrogen-bond acceptors (Lipinski definition) is 6. The molecule has 100 valence electrons. The number of H-pyrrole nitrogens is 1. The maximum Gasteiger partial charge on any atom is 0.326 e. The first kappa shape index (κ1) is 13.4. The first-order chi connectivity index (χ1) is 8.53. The number of carbonyl (C=O) groups is 1. The Bertz CT molecular complexity index is 432. The summed E-state index contributed by atoms with van der Waals surface area (Å²) in [6.07, 6.45) is 2.24. The van der Waals surface area contributed by atoms with Crippen LogP contribution in [0.5, 0.6) is 0 Å². The highest BCUT2D eigenvalue weighted by Gasteiger charge is 2.39. The second kappa shape index (κ2) is 5.27. The predicted molar refractivity (Wildman–Crippen MR) is 68.4 cm³/mol. The Balaban J connectivity index is 1.97. The van der Waals surface area contributed by atoms with Gasteiger partial charge in [-0.15, -0.1) is 5.10 Å². The minimum absolute atomic E-state index is 0.242. The molecule has 0 aromatic carbocycles. The number of esters is 1. The molecule has 0 spiro atoms. The molecular formula is C11H18N4O2S. The molecule has 1 saturated carbocycles. The lowest BCUT2D eigenvalue weighted by molar-refractivity contribution is -0.147. The SMILES string of the molecule is COC(=O)C(C)(CSc1n[nH]c(C)n1)NC1CC1. The molecule has 0 aliphatic heterocycles. The predicted octanol–water partition coefficient (Wildman–Crippen LogP) is 0.889. The van der Waals surface area contributed by atoms with Crippen molar-refractivity contribution in [2.45, 2.75) is 43.4 Å². The maximum atomic E-state index is 11.9. The molecular weight excluding hydrogens is 252 g/mol. The number of carbonyl (C=O) groups excluding carboxylic acids is 1. The number of rotatable bonds is 6. The highest BCUT2D eigenvalue weighted by atomic mass is 32.2. The molecule has 18 heavy (non-hydrogen) atoms. The molecule has 0 saturated heterocycles. The molecule has 2 rings (SSSR count). The van der Waals surface area contributed by atoms with E-state index in [0.29, 0.717) is 17.0 Å². The van der Waals surface area contributed by atoms with Crippen LogP contribution in [0.1, 0.15) is 25.6 Å². The van der Waals surface area contributed by atoms with Gasteiger partial charge in [-0.25, -0.2) is 4.98 Å². The topological polar surface area (TPSA) is 79.9 Å². The van der Waals surface area contributed by atoms with Crippen LogP contribution >= 0.6 is 11.8 Å². The monoisotopic (exact) mass is 270 g/mol. The van der Waals surface area contributed by atoms with Crippen LogP contribution < -0.4 is 5.32 Å². The summed E-state index contributed by atoms with van der Waals surface area (Å²) in [5.74, 6) is 1.08. The van der Waals surface area contributed by atoms with Crippen molar-refractivity contribution in [3.8, 4) is 0 Å². The van der Waals surface area contributed by atoms with Crippen molar-refractivity contribution in [1.29, 1.82) is 0 Å². The summed E-state index contributed by atoms with van der Waals surface area (Å²) < 4.78 is 4.87. The fraction of sp³-hybridized carbons (Fsp3) is 0.727. The van der Waals surface area contributed by atoms with Crippen LogP contribution in [0.4, 0.5) is 0 Å². The number of hydrogen-bond donors (Lipinski definition) is 2. The van der Waals surface area contributed by atoms with Gasteiger partial charge in [0.15, 0.2) is 0 Å². The first-order valence-electron chi connectivity index (χ1n) is 5.91. The zero-order valence-corrected chi connectivity index (χ0v) is 11.6. The Morgan fingerprint density at radius 2 is 2.39 bits per heavy atom. The molecule has 0 amide bonds. The molecule has 1 fully saturated rings. The third kappa shape index (κ3) is 3.23. The van der Waals surface area contributed by atoms with Gasteiger partial charge in [0.2, 0.25) is 5.16 Å². The average Bonchev–Trinajstić information content (AvgIpc) is 3.06. The lowest BCUT2D eigenvalue weighted by atomic mass is 10.1. The second-order valence-corrected chi connectivity index (χ2v) is 5.68. The van der Waals surface area contributed by atoms with E-state index in [1.54, 1.807) is 0 Å². The quantitative estimate of drug-likeness (QED) is 0.590. The van der Waals surface area contributed by atoms with E-state index < -0.39 is 5.54 Å². The average molecular weight is 270 g/mol. The van der Waals surface area contributed by atoms with Crippen molar-refractivity contribution < 1.29 is 9.53 Å². The van der Waals surface area contributed by atoms with E-state index in [1.807, 2.05) is 13.8 Å². The summed E-state index contributed by atoms with van der Waals surface area (Å²) in [6, 6.07) is 0.434. The molecule has 1 aromatic heterocycles. The van der Waals surface area contributed by atoms with Crippen LogP contribution in [0.2, 0.25) is 0 Å². The molecule has 1 heterocycles. The zero-order valence-electron chi connectivity index (χ0n) is 10.8. The maximum absolute atomic E-state index is 11.9.